The van der Waals surface area contributed by atoms with Crippen LogP contribution in [-0.2, 0) is 0 Å². The maximum Gasteiger partial charge on any atom is 0.122 e. The summed E-state index contributed by atoms with van der Waals surface area (Å²) < 4.78 is 0. The molecule has 0 spiro atoms. The number of rotatable bonds is 2. The molecule has 1 aliphatic rings. The summed E-state index contributed by atoms with van der Waals surface area (Å²) in [4.78, 5) is 2.27. The van der Waals surface area contributed by atoms with Gasteiger partial charge in [-0.2, -0.15) is 0 Å². The maximum absolute atomic E-state index is 9.95. The number of hydrogen-bond acceptors (Lipinski definition) is 3. The largest absolute Gasteiger partial charge is 0.392 e. The lowest BCUT2D eigenvalue weighted by atomic mass is 9.81. The molecule has 18 heavy (non-hydrogen) atoms. The smallest absolute Gasteiger partial charge is 0.122 e. The Morgan fingerprint density at radius 2 is 2.00 bits per heavy atom. The average molecular weight is 247 g/mol. The third-order valence-electron chi connectivity index (χ3n) is 3.72. The number of piperidine rings is 1. The second-order valence-electron chi connectivity index (χ2n) is 5.68. The normalized spacial score (nSPS) is 22.8. The van der Waals surface area contributed by atoms with Crippen LogP contribution in [-0.4, -0.2) is 30.1 Å². The SMILES string of the molecule is CC1(C)CN(c2ccc(C(=N)N)cc2)CCC1O. The molecule has 0 aliphatic carbocycles. The van der Waals surface area contributed by atoms with E-state index < -0.39 is 0 Å². The van der Waals surface area contributed by atoms with E-state index in [1.807, 2.05) is 24.3 Å². The second kappa shape index (κ2) is 4.61. The molecule has 0 radical (unpaired) electrons. The van der Waals surface area contributed by atoms with E-state index in [1.165, 1.54) is 0 Å². The Hall–Kier alpha value is -1.55. The van der Waals surface area contributed by atoms with Crippen molar-refractivity contribution in [1.82, 2.24) is 0 Å². The van der Waals surface area contributed by atoms with E-state index in [-0.39, 0.29) is 17.4 Å². The maximum atomic E-state index is 9.95. The van der Waals surface area contributed by atoms with E-state index in [4.69, 9.17) is 11.1 Å². The Kier molecular flexibility index (Phi) is 3.30. The molecular weight excluding hydrogens is 226 g/mol. The minimum Gasteiger partial charge on any atom is -0.392 e. The summed E-state index contributed by atoms with van der Waals surface area (Å²) >= 11 is 0. The minimum absolute atomic E-state index is 0.0858. The van der Waals surface area contributed by atoms with Crippen LogP contribution in [0.5, 0.6) is 0 Å². The van der Waals surface area contributed by atoms with Crippen molar-refractivity contribution < 1.29 is 5.11 Å². The lowest BCUT2D eigenvalue weighted by Gasteiger charge is -2.43. The van der Waals surface area contributed by atoms with Gasteiger partial charge in [-0.3, -0.25) is 5.41 Å². The molecule has 1 aromatic rings. The van der Waals surface area contributed by atoms with Crippen molar-refractivity contribution in [2.75, 3.05) is 18.0 Å². The van der Waals surface area contributed by atoms with Gasteiger partial charge in [0.05, 0.1) is 6.10 Å². The molecular formula is C14H21N3O. The number of aliphatic hydroxyl groups excluding tert-OH is 1. The van der Waals surface area contributed by atoms with Gasteiger partial charge in [-0.15, -0.1) is 0 Å². The summed E-state index contributed by atoms with van der Waals surface area (Å²) in [7, 11) is 0. The third kappa shape index (κ3) is 2.48. The number of anilines is 1. The van der Waals surface area contributed by atoms with Crippen molar-refractivity contribution in [3.05, 3.63) is 29.8 Å². The van der Waals surface area contributed by atoms with Crippen LogP contribution in [0.2, 0.25) is 0 Å². The molecule has 1 heterocycles. The molecule has 0 saturated carbocycles. The molecule has 1 saturated heterocycles. The standard InChI is InChI=1S/C14H21N3O/c1-14(2)9-17(8-7-12(14)18)11-5-3-10(4-6-11)13(15)16/h3-6,12,18H,7-9H2,1-2H3,(H3,15,16). The first-order chi connectivity index (χ1) is 8.40. The van der Waals surface area contributed by atoms with Crippen molar-refractivity contribution in [1.29, 1.82) is 5.41 Å². The molecule has 1 unspecified atom stereocenters. The number of nitrogens with zero attached hydrogens (tertiary/aromatic N) is 1. The predicted octanol–water partition coefficient (Wildman–Crippen LogP) is 1.57. The van der Waals surface area contributed by atoms with Gasteiger partial charge in [0.15, 0.2) is 0 Å². The monoisotopic (exact) mass is 247 g/mol. The molecule has 1 fully saturated rings. The summed E-state index contributed by atoms with van der Waals surface area (Å²) in [6.45, 7) is 5.89. The van der Waals surface area contributed by atoms with Gasteiger partial charge in [0, 0.05) is 29.8 Å². The molecule has 4 heteroatoms. The van der Waals surface area contributed by atoms with Crippen molar-refractivity contribution in [2.24, 2.45) is 11.1 Å². The summed E-state index contributed by atoms with van der Waals surface area (Å²) in [6.07, 6.45) is 0.562. The van der Waals surface area contributed by atoms with Crippen LogP contribution in [0.25, 0.3) is 0 Å². The van der Waals surface area contributed by atoms with E-state index in [9.17, 15) is 5.11 Å². The molecule has 1 atom stereocenters. The first-order valence-corrected chi connectivity index (χ1v) is 6.27. The van der Waals surface area contributed by atoms with Crippen LogP contribution in [0.4, 0.5) is 5.69 Å². The zero-order valence-corrected chi connectivity index (χ0v) is 11.0. The zero-order chi connectivity index (χ0) is 13.3. The van der Waals surface area contributed by atoms with Gasteiger partial charge in [-0.25, -0.2) is 0 Å². The highest BCUT2D eigenvalue weighted by Crippen LogP contribution is 2.31. The van der Waals surface area contributed by atoms with Gasteiger partial charge >= 0.3 is 0 Å². The highest BCUT2D eigenvalue weighted by molar-refractivity contribution is 5.95. The van der Waals surface area contributed by atoms with Gasteiger partial charge in [-0.05, 0) is 30.7 Å². The lowest BCUT2D eigenvalue weighted by molar-refractivity contribution is 0.0336. The van der Waals surface area contributed by atoms with E-state index in [0.717, 1.165) is 30.8 Å². The molecule has 0 aromatic heterocycles. The van der Waals surface area contributed by atoms with Gasteiger partial charge in [-0.1, -0.05) is 13.8 Å². The number of benzene rings is 1. The Morgan fingerprint density at radius 3 is 2.50 bits per heavy atom. The first-order valence-electron chi connectivity index (χ1n) is 6.27. The van der Waals surface area contributed by atoms with Gasteiger partial charge in [0.2, 0.25) is 0 Å². The molecule has 1 aromatic carbocycles. The van der Waals surface area contributed by atoms with E-state index in [0.29, 0.717) is 0 Å². The fourth-order valence-electron chi connectivity index (χ4n) is 2.42. The molecule has 0 amide bonds. The topological polar surface area (TPSA) is 73.3 Å². The Labute approximate surface area is 108 Å². The van der Waals surface area contributed by atoms with Crippen LogP contribution < -0.4 is 10.6 Å². The number of nitrogens with one attached hydrogen (secondary N) is 1. The summed E-state index contributed by atoms with van der Waals surface area (Å²) in [5.41, 5.74) is 7.22. The number of hydrogen-bond donors (Lipinski definition) is 3. The average Bonchev–Trinajstić information content (AvgIpc) is 2.33. The molecule has 1 aliphatic heterocycles. The molecule has 2 rings (SSSR count). The highest BCUT2D eigenvalue weighted by Gasteiger charge is 2.34. The van der Waals surface area contributed by atoms with Crippen molar-refractivity contribution >= 4 is 11.5 Å². The second-order valence-corrected chi connectivity index (χ2v) is 5.68. The Balaban J connectivity index is 2.15. The summed E-state index contributed by atoms with van der Waals surface area (Å²) in [6, 6.07) is 7.72. The van der Waals surface area contributed by atoms with Crippen LogP contribution in [0.1, 0.15) is 25.8 Å². The van der Waals surface area contributed by atoms with Crippen molar-refractivity contribution in [3.63, 3.8) is 0 Å². The van der Waals surface area contributed by atoms with Crippen LogP contribution in [0.3, 0.4) is 0 Å². The first kappa shape index (κ1) is 12.9. The fraction of sp³-hybridized carbons (Fsp3) is 0.500. The van der Waals surface area contributed by atoms with Crippen molar-refractivity contribution in [3.8, 4) is 0 Å². The Morgan fingerprint density at radius 1 is 1.39 bits per heavy atom. The summed E-state index contributed by atoms with van der Waals surface area (Å²) in [5, 5.41) is 17.3. The van der Waals surface area contributed by atoms with E-state index in [1.54, 1.807) is 0 Å². The molecule has 98 valence electrons. The lowest BCUT2D eigenvalue weighted by Crippen LogP contribution is -2.48. The van der Waals surface area contributed by atoms with Crippen LogP contribution in [0.15, 0.2) is 24.3 Å². The molecule has 0 bridgehead atoms. The van der Waals surface area contributed by atoms with E-state index in [2.05, 4.69) is 18.7 Å². The number of aliphatic hydroxyl groups is 1. The van der Waals surface area contributed by atoms with Gasteiger partial charge < -0.3 is 15.7 Å². The van der Waals surface area contributed by atoms with Gasteiger partial charge in [0.1, 0.15) is 5.84 Å². The van der Waals surface area contributed by atoms with Crippen molar-refractivity contribution in [2.45, 2.75) is 26.4 Å². The fourth-order valence-corrected chi connectivity index (χ4v) is 2.42. The Bertz CT molecular complexity index is 439. The minimum atomic E-state index is -0.231. The quantitative estimate of drug-likeness (QED) is 0.548. The number of amidine groups is 1. The molecule has 4 nitrogen and oxygen atoms in total. The zero-order valence-electron chi connectivity index (χ0n) is 11.0. The van der Waals surface area contributed by atoms with Gasteiger partial charge in [0.25, 0.3) is 0 Å². The van der Waals surface area contributed by atoms with Crippen LogP contribution >= 0.6 is 0 Å². The van der Waals surface area contributed by atoms with Crippen LogP contribution in [0, 0.1) is 10.8 Å². The molecule has 4 N–H and O–H groups in total. The number of nitrogens with two attached hydrogens (primary N) is 1. The number of nitrogen functional groups attached to an aromatic ring is 1. The third-order valence-corrected chi connectivity index (χ3v) is 3.72. The highest BCUT2D eigenvalue weighted by atomic mass is 16.3. The summed E-state index contributed by atoms with van der Waals surface area (Å²) in [5.74, 6) is 0.0935. The van der Waals surface area contributed by atoms with E-state index >= 15 is 0 Å². The predicted molar refractivity (Wildman–Crippen MR) is 74.1 cm³/mol.